The molecule has 0 unspecified atom stereocenters. The highest BCUT2D eigenvalue weighted by molar-refractivity contribution is 7.89. The van der Waals surface area contributed by atoms with Gasteiger partial charge in [-0.25, -0.2) is 8.42 Å². The van der Waals surface area contributed by atoms with E-state index in [2.05, 4.69) is 22.4 Å². The largest absolute Gasteiger partial charge is 0.336 e. The van der Waals surface area contributed by atoms with Crippen LogP contribution in [-0.4, -0.2) is 67.7 Å². The molecule has 156 valence electrons. The zero-order valence-electron chi connectivity index (χ0n) is 16.5. The molecule has 2 fully saturated rings. The smallest absolute Gasteiger partial charge is 0.255 e. The van der Waals surface area contributed by atoms with Gasteiger partial charge in [0.15, 0.2) is 0 Å². The Morgan fingerprint density at radius 3 is 2.31 bits per heavy atom. The van der Waals surface area contributed by atoms with Crippen LogP contribution in [0.3, 0.4) is 0 Å². The SMILES string of the molecule is O=C(c1ccccc1S(=O)(=O)N1CCCCC1)N1CCN(Cc2cccs2)CC1. The molecule has 0 atom stereocenters. The Morgan fingerprint density at radius 1 is 0.897 bits per heavy atom. The molecule has 1 aromatic carbocycles. The van der Waals surface area contributed by atoms with Crippen molar-refractivity contribution in [2.24, 2.45) is 0 Å². The first-order chi connectivity index (χ1) is 14.1. The van der Waals surface area contributed by atoms with Crippen LogP contribution in [0.25, 0.3) is 0 Å². The highest BCUT2D eigenvalue weighted by Gasteiger charge is 2.32. The van der Waals surface area contributed by atoms with E-state index in [9.17, 15) is 13.2 Å². The van der Waals surface area contributed by atoms with Crippen LogP contribution >= 0.6 is 11.3 Å². The maximum absolute atomic E-state index is 13.2. The summed E-state index contributed by atoms with van der Waals surface area (Å²) in [5.74, 6) is -0.183. The van der Waals surface area contributed by atoms with Gasteiger partial charge in [-0.15, -0.1) is 11.3 Å². The van der Waals surface area contributed by atoms with E-state index >= 15 is 0 Å². The first-order valence-corrected chi connectivity index (χ1v) is 12.5. The number of rotatable bonds is 5. The number of carbonyl (C=O) groups excluding carboxylic acids is 1. The molecule has 2 aromatic rings. The van der Waals surface area contributed by atoms with Gasteiger partial charge in [0, 0.05) is 50.7 Å². The minimum absolute atomic E-state index is 0.146. The molecule has 29 heavy (non-hydrogen) atoms. The fraction of sp³-hybridized carbons (Fsp3) is 0.476. The highest BCUT2D eigenvalue weighted by atomic mass is 32.2. The molecule has 6 nitrogen and oxygen atoms in total. The quantitative estimate of drug-likeness (QED) is 0.728. The Kier molecular flexibility index (Phi) is 6.34. The summed E-state index contributed by atoms with van der Waals surface area (Å²) in [5, 5.41) is 2.08. The molecule has 0 aliphatic carbocycles. The topological polar surface area (TPSA) is 60.9 Å². The summed E-state index contributed by atoms with van der Waals surface area (Å²) in [4.78, 5) is 18.8. The van der Waals surface area contributed by atoms with Crippen molar-refractivity contribution in [3.05, 3.63) is 52.2 Å². The molecule has 8 heteroatoms. The van der Waals surface area contributed by atoms with Gasteiger partial charge >= 0.3 is 0 Å². The summed E-state index contributed by atoms with van der Waals surface area (Å²) in [7, 11) is -3.64. The lowest BCUT2D eigenvalue weighted by Crippen LogP contribution is -2.48. The molecule has 4 rings (SSSR count). The van der Waals surface area contributed by atoms with Gasteiger partial charge in [0.25, 0.3) is 5.91 Å². The fourth-order valence-corrected chi connectivity index (χ4v) is 6.46. The summed E-state index contributed by atoms with van der Waals surface area (Å²) in [6.07, 6.45) is 2.81. The summed E-state index contributed by atoms with van der Waals surface area (Å²) in [6.45, 7) is 4.79. The Morgan fingerprint density at radius 2 is 1.62 bits per heavy atom. The second-order valence-corrected chi connectivity index (χ2v) is 10.5. The predicted molar refractivity (Wildman–Crippen MR) is 115 cm³/mol. The van der Waals surface area contributed by atoms with Crippen molar-refractivity contribution in [2.75, 3.05) is 39.3 Å². The minimum Gasteiger partial charge on any atom is -0.336 e. The molecule has 0 bridgehead atoms. The van der Waals surface area contributed by atoms with Crippen molar-refractivity contribution in [1.82, 2.24) is 14.1 Å². The fourth-order valence-electron chi connectivity index (χ4n) is 4.01. The van der Waals surface area contributed by atoms with Crippen LogP contribution in [0, 0.1) is 0 Å². The van der Waals surface area contributed by atoms with Crippen molar-refractivity contribution in [3.8, 4) is 0 Å². The van der Waals surface area contributed by atoms with Crippen molar-refractivity contribution in [2.45, 2.75) is 30.7 Å². The number of carbonyl (C=O) groups is 1. The van der Waals surface area contributed by atoms with Crippen molar-refractivity contribution in [3.63, 3.8) is 0 Å². The number of piperazine rings is 1. The van der Waals surface area contributed by atoms with Crippen LogP contribution in [0.2, 0.25) is 0 Å². The third-order valence-electron chi connectivity index (χ3n) is 5.67. The van der Waals surface area contributed by atoms with E-state index in [1.807, 2.05) is 0 Å². The highest BCUT2D eigenvalue weighted by Crippen LogP contribution is 2.25. The number of nitrogens with zero attached hydrogens (tertiary/aromatic N) is 3. The van der Waals surface area contributed by atoms with Gasteiger partial charge in [-0.2, -0.15) is 4.31 Å². The van der Waals surface area contributed by atoms with E-state index in [1.165, 1.54) is 9.18 Å². The number of sulfonamides is 1. The molecule has 0 saturated carbocycles. The van der Waals surface area contributed by atoms with Crippen LogP contribution in [0.1, 0.15) is 34.5 Å². The number of hydrogen-bond donors (Lipinski definition) is 0. The average Bonchev–Trinajstić information content (AvgIpc) is 3.27. The van der Waals surface area contributed by atoms with E-state index in [1.54, 1.807) is 40.5 Å². The molecule has 0 radical (unpaired) electrons. The lowest BCUT2D eigenvalue weighted by atomic mass is 10.2. The zero-order valence-corrected chi connectivity index (χ0v) is 18.1. The van der Waals surface area contributed by atoms with E-state index in [-0.39, 0.29) is 10.8 Å². The number of benzene rings is 1. The average molecular weight is 434 g/mol. The minimum atomic E-state index is -3.64. The second-order valence-electron chi connectivity index (χ2n) is 7.61. The standard InChI is InChI=1S/C21H27N3O3S2/c25-21(23-14-12-22(13-15-23)17-18-7-6-16-28-18)19-8-2-3-9-20(19)29(26,27)24-10-4-1-5-11-24/h2-3,6-9,16H,1,4-5,10-15,17H2. The van der Waals surface area contributed by atoms with Crippen molar-refractivity contribution in [1.29, 1.82) is 0 Å². The Hall–Kier alpha value is -1.74. The lowest BCUT2D eigenvalue weighted by Gasteiger charge is -2.35. The van der Waals surface area contributed by atoms with Gasteiger partial charge in [0.2, 0.25) is 10.0 Å². The van der Waals surface area contributed by atoms with Gasteiger partial charge in [-0.3, -0.25) is 9.69 Å². The Labute approximate surface area is 176 Å². The first kappa shape index (κ1) is 20.5. The van der Waals surface area contributed by atoms with Crippen LogP contribution in [0.15, 0.2) is 46.7 Å². The number of piperidine rings is 1. The molecular weight excluding hydrogens is 406 g/mol. The molecule has 2 aliphatic rings. The third-order valence-corrected chi connectivity index (χ3v) is 8.49. The molecular formula is C21H27N3O3S2. The number of thiophene rings is 1. The van der Waals surface area contributed by atoms with E-state index < -0.39 is 10.0 Å². The first-order valence-electron chi connectivity index (χ1n) is 10.2. The molecule has 1 amide bonds. The molecule has 2 saturated heterocycles. The van der Waals surface area contributed by atoms with E-state index in [0.29, 0.717) is 31.7 Å². The van der Waals surface area contributed by atoms with Gasteiger partial charge in [0.1, 0.15) is 0 Å². The van der Waals surface area contributed by atoms with Gasteiger partial charge in [0.05, 0.1) is 10.5 Å². The monoisotopic (exact) mass is 433 g/mol. The number of hydrogen-bond acceptors (Lipinski definition) is 5. The summed E-state index contributed by atoms with van der Waals surface area (Å²) in [6, 6.07) is 10.9. The van der Waals surface area contributed by atoms with E-state index in [4.69, 9.17) is 0 Å². The summed E-state index contributed by atoms with van der Waals surface area (Å²) < 4.78 is 27.9. The van der Waals surface area contributed by atoms with Crippen LogP contribution in [-0.2, 0) is 16.6 Å². The van der Waals surface area contributed by atoms with Gasteiger partial charge in [-0.05, 0) is 36.4 Å². The van der Waals surface area contributed by atoms with Gasteiger partial charge < -0.3 is 4.90 Å². The molecule has 3 heterocycles. The maximum atomic E-state index is 13.2. The normalized spacial score (nSPS) is 19.4. The Bertz CT molecular complexity index is 930. The summed E-state index contributed by atoms with van der Waals surface area (Å²) in [5.41, 5.74) is 0.296. The molecule has 0 spiro atoms. The Balaban J connectivity index is 1.47. The van der Waals surface area contributed by atoms with Gasteiger partial charge in [-0.1, -0.05) is 24.6 Å². The lowest BCUT2D eigenvalue weighted by molar-refractivity contribution is 0.0625. The maximum Gasteiger partial charge on any atom is 0.255 e. The van der Waals surface area contributed by atoms with Crippen LogP contribution < -0.4 is 0 Å². The third kappa shape index (κ3) is 4.55. The van der Waals surface area contributed by atoms with Crippen molar-refractivity contribution >= 4 is 27.3 Å². The number of amides is 1. The predicted octanol–water partition coefficient (Wildman–Crippen LogP) is 2.88. The zero-order chi connectivity index (χ0) is 20.3. The van der Waals surface area contributed by atoms with Crippen LogP contribution in [0.4, 0.5) is 0 Å². The van der Waals surface area contributed by atoms with Crippen LogP contribution in [0.5, 0.6) is 0 Å². The second kappa shape index (κ2) is 8.95. The summed E-state index contributed by atoms with van der Waals surface area (Å²) >= 11 is 1.75. The molecule has 0 N–H and O–H groups in total. The molecule has 2 aliphatic heterocycles. The molecule has 1 aromatic heterocycles. The van der Waals surface area contributed by atoms with Crippen molar-refractivity contribution < 1.29 is 13.2 Å². The van der Waals surface area contributed by atoms with E-state index in [0.717, 1.165) is 38.9 Å².